The molecule has 4 rings (SSSR count). The Morgan fingerprint density at radius 1 is 1.44 bits per heavy atom. The second kappa shape index (κ2) is 8.07. The second-order valence-electron chi connectivity index (χ2n) is 5.98. The van der Waals surface area contributed by atoms with Crippen LogP contribution < -0.4 is 15.5 Å². The average molecular weight is 381 g/mol. The van der Waals surface area contributed by atoms with E-state index >= 15 is 0 Å². The SMILES string of the molecule is Cl.O=C(NC[C@@H]1CCCN1)C1=CN(c2ncnc3[nH]ccc23)CCS1. The third kappa shape index (κ3) is 3.91. The number of nitrogens with zero attached hydrogens (tertiary/aromatic N) is 3. The minimum Gasteiger partial charge on any atom is -0.350 e. The Morgan fingerprint density at radius 3 is 3.20 bits per heavy atom. The molecule has 7 nitrogen and oxygen atoms in total. The van der Waals surface area contributed by atoms with Gasteiger partial charge in [0.25, 0.3) is 5.91 Å². The largest absolute Gasteiger partial charge is 0.350 e. The molecule has 9 heteroatoms. The van der Waals surface area contributed by atoms with Crippen LogP contribution in [0.3, 0.4) is 0 Å². The first-order valence-corrected chi connectivity index (χ1v) is 9.21. The zero-order valence-electron chi connectivity index (χ0n) is 13.7. The van der Waals surface area contributed by atoms with E-state index in [-0.39, 0.29) is 18.3 Å². The lowest BCUT2D eigenvalue weighted by atomic mass is 10.2. The van der Waals surface area contributed by atoms with E-state index in [4.69, 9.17) is 0 Å². The zero-order chi connectivity index (χ0) is 16.4. The molecule has 0 radical (unpaired) electrons. The van der Waals surface area contributed by atoms with Crippen LogP contribution >= 0.6 is 24.2 Å². The molecule has 1 atom stereocenters. The summed E-state index contributed by atoms with van der Waals surface area (Å²) < 4.78 is 0. The topological polar surface area (TPSA) is 85.9 Å². The van der Waals surface area contributed by atoms with Crippen LogP contribution in [0.4, 0.5) is 5.82 Å². The highest BCUT2D eigenvalue weighted by Gasteiger charge is 2.21. The number of H-pyrrole nitrogens is 1. The summed E-state index contributed by atoms with van der Waals surface area (Å²) in [7, 11) is 0. The average Bonchev–Trinajstić information content (AvgIpc) is 3.30. The molecule has 1 saturated heterocycles. The Hall–Kier alpha value is -1.77. The number of rotatable bonds is 4. The van der Waals surface area contributed by atoms with Crippen molar-refractivity contribution in [2.24, 2.45) is 0 Å². The molecule has 3 N–H and O–H groups in total. The van der Waals surface area contributed by atoms with E-state index < -0.39 is 0 Å². The first kappa shape index (κ1) is 18.0. The van der Waals surface area contributed by atoms with Crippen molar-refractivity contribution in [3.63, 3.8) is 0 Å². The number of aromatic nitrogens is 3. The number of aromatic amines is 1. The molecule has 2 aromatic heterocycles. The van der Waals surface area contributed by atoms with E-state index in [1.165, 1.54) is 6.42 Å². The van der Waals surface area contributed by atoms with Gasteiger partial charge in [0.05, 0.1) is 10.3 Å². The van der Waals surface area contributed by atoms with Crippen molar-refractivity contribution < 1.29 is 4.79 Å². The molecule has 0 unspecified atom stereocenters. The predicted molar refractivity (Wildman–Crippen MR) is 103 cm³/mol. The first-order valence-electron chi connectivity index (χ1n) is 8.22. The number of hydrogen-bond donors (Lipinski definition) is 3. The van der Waals surface area contributed by atoms with Crippen LogP contribution in [0.15, 0.2) is 29.7 Å². The van der Waals surface area contributed by atoms with Gasteiger partial charge in [-0.2, -0.15) is 0 Å². The van der Waals surface area contributed by atoms with Crippen LogP contribution in [0, 0.1) is 0 Å². The summed E-state index contributed by atoms with van der Waals surface area (Å²) in [6.45, 7) is 2.56. The van der Waals surface area contributed by atoms with Crippen LogP contribution in [0.5, 0.6) is 0 Å². The van der Waals surface area contributed by atoms with Crippen molar-refractivity contribution in [1.82, 2.24) is 25.6 Å². The third-order valence-electron chi connectivity index (χ3n) is 4.36. The van der Waals surface area contributed by atoms with Crippen LogP contribution in [-0.4, -0.2) is 52.3 Å². The molecule has 0 bridgehead atoms. The summed E-state index contributed by atoms with van der Waals surface area (Å²) >= 11 is 1.60. The lowest BCUT2D eigenvalue weighted by molar-refractivity contribution is -0.116. The highest BCUT2D eigenvalue weighted by atomic mass is 35.5. The Labute approximate surface area is 156 Å². The molecule has 134 valence electrons. The van der Waals surface area contributed by atoms with E-state index in [0.717, 1.165) is 47.0 Å². The fourth-order valence-electron chi connectivity index (χ4n) is 3.11. The van der Waals surface area contributed by atoms with Crippen LogP contribution in [0.2, 0.25) is 0 Å². The number of thioether (sulfide) groups is 1. The molecule has 2 aliphatic heterocycles. The number of hydrogen-bond acceptors (Lipinski definition) is 6. The molecule has 0 spiro atoms. The fourth-order valence-corrected chi connectivity index (χ4v) is 4.02. The molecule has 25 heavy (non-hydrogen) atoms. The van der Waals surface area contributed by atoms with Gasteiger partial charge in [-0.3, -0.25) is 4.79 Å². The molecule has 0 aromatic carbocycles. The van der Waals surface area contributed by atoms with Gasteiger partial charge >= 0.3 is 0 Å². The Kier molecular flexibility index (Phi) is 5.82. The van der Waals surface area contributed by atoms with Gasteiger partial charge in [0.2, 0.25) is 0 Å². The van der Waals surface area contributed by atoms with Gasteiger partial charge in [-0.25, -0.2) is 9.97 Å². The highest BCUT2D eigenvalue weighted by molar-refractivity contribution is 8.04. The van der Waals surface area contributed by atoms with Crippen molar-refractivity contribution in [2.45, 2.75) is 18.9 Å². The second-order valence-corrected chi connectivity index (χ2v) is 7.11. The van der Waals surface area contributed by atoms with E-state index in [9.17, 15) is 4.79 Å². The predicted octanol–water partition coefficient (Wildman–Crippen LogP) is 1.64. The van der Waals surface area contributed by atoms with Gasteiger partial charge in [0, 0.05) is 37.3 Å². The Morgan fingerprint density at radius 2 is 2.36 bits per heavy atom. The Balaban J connectivity index is 0.00000182. The monoisotopic (exact) mass is 380 g/mol. The quantitative estimate of drug-likeness (QED) is 0.747. The van der Waals surface area contributed by atoms with E-state index in [1.54, 1.807) is 18.1 Å². The smallest absolute Gasteiger partial charge is 0.259 e. The molecule has 1 fully saturated rings. The van der Waals surface area contributed by atoms with Gasteiger partial charge in [-0.15, -0.1) is 24.2 Å². The van der Waals surface area contributed by atoms with Gasteiger partial charge in [-0.1, -0.05) is 0 Å². The molecule has 0 aliphatic carbocycles. The summed E-state index contributed by atoms with van der Waals surface area (Å²) in [6.07, 6.45) is 7.63. The van der Waals surface area contributed by atoms with Crippen LogP contribution in [-0.2, 0) is 4.79 Å². The molecule has 0 saturated carbocycles. The summed E-state index contributed by atoms with van der Waals surface area (Å²) in [5.74, 6) is 1.69. The lowest BCUT2D eigenvalue weighted by Gasteiger charge is -2.25. The maximum atomic E-state index is 12.5. The maximum Gasteiger partial charge on any atom is 0.259 e. The van der Waals surface area contributed by atoms with Crippen molar-refractivity contribution in [3.8, 4) is 0 Å². The van der Waals surface area contributed by atoms with Crippen molar-refractivity contribution in [2.75, 3.05) is 30.3 Å². The van der Waals surface area contributed by atoms with Gasteiger partial charge in [-0.05, 0) is 25.5 Å². The first-order chi connectivity index (χ1) is 11.8. The van der Waals surface area contributed by atoms with Gasteiger partial charge in [0.1, 0.15) is 17.8 Å². The van der Waals surface area contributed by atoms with E-state index in [0.29, 0.717) is 12.6 Å². The van der Waals surface area contributed by atoms with Gasteiger partial charge in [0.15, 0.2) is 0 Å². The highest BCUT2D eigenvalue weighted by Crippen LogP contribution is 2.28. The summed E-state index contributed by atoms with van der Waals surface area (Å²) in [5.41, 5.74) is 0.810. The standard InChI is InChI=1S/C16H20N6OS.ClH/c23-16(19-8-11-2-1-4-17-11)13-9-22(6-7-24-13)15-12-3-5-18-14(12)20-10-21-15;/h3,5,9-11,17H,1-2,4,6-8H2,(H,19,23)(H,18,20,21);1H/t11-;/m0./s1. The van der Waals surface area contributed by atoms with Gasteiger partial charge < -0.3 is 20.5 Å². The minimum atomic E-state index is -0.00207. The summed E-state index contributed by atoms with van der Waals surface area (Å²) in [5, 5.41) is 7.41. The number of amides is 1. The summed E-state index contributed by atoms with van der Waals surface area (Å²) in [6, 6.07) is 2.37. The number of fused-ring (bicyclic) bond motifs is 1. The summed E-state index contributed by atoms with van der Waals surface area (Å²) in [4.78, 5) is 26.9. The Bertz CT molecular complexity index is 773. The zero-order valence-corrected chi connectivity index (χ0v) is 15.3. The number of carbonyl (C=O) groups excluding carboxylic acids is 1. The van der Waals surface area contributed by atoms with Crippen molar-refractivity contribution >= 4 is 46.9 Å². The van der Waals surface area contributed by atoms with Crippen molar-refractivity contribution in [1.29, 1.82) is 0 Å². The number of nitrogens with one attached hydrogen (secondary N) is 3. The molecule has 4 heterocycles. The van der Waals surface area contributed by atoms with Crippen molar-refractivity contribution in [3.05, 3.63) is 29.7 Å². The van der Waals surface area contributed by atoms with Crippen LogP contribution in [0.25, 0.3) is 11.0 Å². The molecular weight excluding hydrogens is 360 g/mol. The van der Waals surface area contributed by atoms with E-state index in [1.807, 2.05) is 23.4 Å². The number of carbonyl (C=O) groups is 1. The number of halogens is 1. The normalized spacial score (nSPS) is 20.2. The third-order valence-corrected chi connectivity index (χ3v) is 5.35. The molecule has 2 aliphatic rings. The molecular formula is C16H21ClN6OS. The minimum absolute atomic E-state index is 0. The van der Waals surface area contributed by atoms with E-state index in [2.05, 4.69) is 25.6 Å². The maximum absolute atomic E-state index is 12.5. The fraction of sp³-hybridized carbons (Fsp3) is 0.438. The molecule has 2 aromatic rings. The van der Waals surface area contributed by atoms with Crippen LogP contribution in [0.1, 0.15) is 12.8 Å². The molecule has 1 amide bonds. The lowest BCUT2D eigenvalue weighted by Crippen LogP contribution is -2.38. The number of anilines is 1.